The summed E-state index contributed by atoms with van der Waals surface area (Å²) in [5.74, 6) is -0.516. The minimum absolute atomic E-state index is 0.0820. The summed E-state index contributed by atoms with van der Waals surface area (Å²) in [5.41, 5.74) is 8.47. The molecule has 0 spiro atoms. The Kier molecular flexibility index (Phi) is 4.93. The molecule has 1 aliphatic heterocycles. The molecule has 1 aliphatic rings. The van der Waals surface area contributed by atoms with Crippen molar-refractivity contribution in [3.8, 4) is 16.9 Å². The summed E-state index contributed by atoms with van der Waals surface area (Å²) >= 11 is 0. The molecule has 0 unspecified atom stereocenters. The van der Waals surface area contributed by atoms with Gasteiger partial charge in [0.15, 0.2) is 0 Å². The van der Waals surface area contributed by atoms with E-state index in [2.05, 4.69) is 0 Å². The topological polar surface area (TPSA) is 81.2 Å². The first kappa shape index (κ1) is 18.0. The highest BCUT2D eigenvalue weighted by Gasteiger charge is 2.29. The van der Waals surface area contributed by atoms with Gasteiger partial charge in [-0.2, -0.15) is 5.10 Å². The molecule has 0 bridgehead atoms. The predicted octanol–water partition coefficient (Wildman–Crippen LogP) is 2.88. The molecule has 28 heavy (non-hydrogen) atoms. The van der Waals surface area contributed by atoms with Crippen LogP contribution >= 0.6 is 0 Å². The third-order valence-electron chi connectivity index (χ3n) is 5.18. The molecule has 6 nitrogen and oxygen atoms in total. The van der Waals surface area contributed by atoms with Gasteiger partial charge in [0.05, 0.1) is 11.4 Å². The molecule has 0 radical (unpaired) electrons. The average molecular weight is 374 g/mol. The van der Waals surface area contributed by atoms with Crippen molar-refractivity contribution in [2.24, 2.45) is 11.7 Å². The van der Waals surface area contributed by atoms with Crippen LogP contribution in [0.15, 0.2) is 66.7 Å². The molecule has 142 valence electrons. The normalized spacial score (nSPS) is 14.8. The van der Waals surface area contributed by atoms with Gasteiger partial charge in [0.1, 0.15) is 5.69 Å². The van der Waals surface area contributed by atoms with Crippen molar-refractivity contribution in [1.82, 2.24) is 14.7 Å². The van der Waals surface area contributed by atoms with E-state index in [4.69, 9.17) is 10.8 Å². The van der Waals surface area contributed by atoms with E-state index in [1.54, 1.807) is 9.58 Å². The number of aromatic nitrogens is 2. The van der Waals surface area contributed by atoms with E-state index < -0.39 is 0 Å². The Bertz CT molecular complexity index is 974. The van der Waals surface area contributed by atoms with Crippen molar-refractivity contribution in [2.45, 2.75) is 12.8 Å². The van der Waals surface area contributed by atoms with Gasteiger partial charge in [0.25, 0.3) is 5.91 Å². The Morgan fingerprint density at radius 2 is 1.54 bits per heavy atom. The van der Waals surface area contributed by atoms with Crippen molar-refractivity contribution in [3.63, 3.8) is 0 Å². The summed E-state index contributed by atoms with van der Waals surface area (Å²) in [5, 5.41) is 4.70. The lowest BCUT2D eigenvalue weighted by molar-refractivity contribution is -0.123. The number of piperidine rings is 1. The molecular formula is C22H22N4O2. The fraction of sp³-hybridized carbons (Fsp3) is 0.227. The molecule has 6 heteroatoms. The maximum Gasteiger partial charge on any atom is 0.272 e. The summed E-state index contributed by atoms with van der Waals surface area (Å²) in [6, 6.07) is 21.3. The van der Waals surface area contributed by atoms with Gasteiger partial charge in [0, 0.05) is 24.6 Å². The first-order chi connectivity index (χ1) is 13.6. The van der Waals surface area contributed by atoms with Crippen LogP contribution in [0.25, 0.3) is 16.9 Å². The number of hydrogen-bond acceptors (Lipinski definition) is 3. The lowest BCUT2D eigenvalue weighted by atomic mass is 9.96. The van der Waals surface area contributed by atoms with Crippen molar-refractivity contribution in [3.05, 3.63) is 72.4 Å². The van der Waals surface area contributed by atoms with Crippen LogP contribution in [-0.2, 0) is 4.79 Å². The number of hydrogen-bond donors (Lipinski definition) is 1. The Morgan fingerprint density at radius 3 is 2.14 bits per heavy atom. The highest BCUT2D eigenvalue weighted by molar-refractivity contribution is 5.94. The van der Waals surface area contributed by atoms with E-state index in [0.29, 0.717) is 31.6 Å². The van der Waals surface area contributed by atoms with Gasteiger partial charge in [-0.25, -0.2) is 4.68 Å². The number of nitrogens with two attached hydrogens (primary N) is 1. The Morgan fingerprint density at radius 1 is 0.929 bits per heavy atom. The fourth-order valence-electron chi connectivity index (χ4n) is 3.58. The highest BCUT2D eigenvalue weighted by atomic mass is 16.2. The van der Waals surface area contributed by atoms with E-state index in [9.17, 15) is 9.59 Å². The molecular weight excluding hydrogens is 352 g/mol. The van der Waals surface area contributed by atoms with Gasteiger partial charge in [-0.1, -0.05) is 48.5 Å². The molecule has 1 aromatic heterocycles. The second kappa shape index (κ2) is 7.68. The van der Waals surface area contributed by atoms with Crippen LogP contribution < -0.4 is 5.73 Å². The number of amides is 2. The number of para-hydroxylation sites is 1. The molecule has 2 N–H and O–H groups in total. The number of primary amides is 1. The standard InChI is InChI=1S/C22H22N4O2/c23-21(27)17-11-13-25(14-12-17)22(28)20-15-19(16-7-3-1-4-8-16)24-26(20)18-9-5-2-6-10-18/h1-10,15,17H,11-14H2,(H2,23,27). The van der Waals surface area contributed by atoms with Gasteiger partial charge in [-0.3, -0.25) is 9.59 Å². The van der Waals surface area contributed by atoms with Gasteiger partial charge in [-0.15, -0.1) is 0 Å². The Balaban J connectivity index is 1.68. The molecule has 2 amide bonds. The molecule has 0 atom stereocenters. The van der Waals surface area contributed by atoms with E-state index >= 15 is 0 Å². The first-order valence-corrected chi connectivity index (χ1v) is 9.43. The third-order valence-corrected chi connectivity index (χ3v) is 5.18. The average Bonchev–Trinajstić information content (AvgIpc) is 3.20. The summed E-state index contributed by atoms with van der Waals surface area (Å²) in [6.07, 6.45) is 1.21. The molecule has 2 heterocycles. The van der Waals surface area contributed by atoms with Gasteiger partial charge in [-0.05, 0) is 31.0 Å². The van der Waals surface area contributed by atoms with Gasteiger partial charge in [0.2, 0.25) is 5.91 Å². The summed E-state index contributed by atoms with van der Waals surface area (Å²) in [4.78, 5) is 26.5. The molecule has 0 saturated carbocycles. The van der Waals surface area contributed by atoms with Crippen LogP contribution in [0, 0.1) is 5.92 Å². The maximum atomic E-state index is 13.3. The number of carbonyl (C=O) groups excluding carboxylic acids is 2. The van der Waals surface area contributed by atoms with Crippen molar-refractivity contribution in [2.75, 3.05) is 13.1 Å². The summed E-state index contributed by atoms with van der Waals surface area (Å²) < 4.78 is 1.70. The van der Waals surface area contributed by atoms with Gasteiger partial charge < -0.3 is 10.6 Å². The number of nitrogens with zero attached hydrogens (tertiary/aromatic N) is 3. The first-order valence-electron chi connectivity index (χ1n) is 9.43. The fourth-order valence-corrected chi connectivity index (χ4v) is 3.58. The second-order valence-corrected chi connectivity index (χ2v) is 7.00. The lowest BCUT2D eigenvalue weighted by Crippen LogP contribution is -2.42. The van der Waals surface area contributed by atoms with Crippen molar-refractivity contribution in [1.29, 1.82) is 0 Å². The van der Waals surface area contributed by atoms with Crippen LogP contribution in [0.2, 0.25) is 0 Å². The van der Waals surface area contributed by atoms with Gasteiger partial charge >= 0.3 is 0 Å². The smallest absolute Gasteiger partial charge is 0.272 e. The monoisotopic (exact) mass is 374 g/mol. The van der Waals surface area contributed by atoms with Crippen LogP contribution in [0.5, 0.6) is 0 Å². The van der Waals surface area contributed by atoms with Crippen LogP contribution in [-0.4, -0.2) is 39.6 Å². The second-order valence-electron chi connectivity index (χ2n) is 7.00. The number of rotatable bonds is 4. The van der Waals surface area contributed by atoms with Crippen LogP contribution in [0.1, 0.15) is 23.3 Å². The molecule has 3 aromatic rings. The number of benzene rings is 2. The van der Waals surface area contributed by atoms with Crippen LogP contribution in [0.3, 0.4) is 0 Å². The number of likely N-dealkylation sites (tertiary alicyclic amines) is 1. The molecule has 2 aromatic carbocycles. The summed E-state index contributed by atoms with van der Waals surface area (Å²) in [6.45, 7) is 1.04. The van der Waals surface area contributed by atoms with E-state index in [1.807, 2.05) is 66.7 Å². The zero-order valence-corrected chi connectivity index (χ0v) is 15.5. The van der Waals surface area contributed by atoms with Crippen molar-refractivity contribution >= 4 is 11.8 Å². The SMILES string of the molecule is NC(=O)C1CCN(C(=O)c2cc(-c3ccccc3)nn2-c2ccccc2)CC1. The van der Waals surface area contributed by atoms with E-state index in [-0.39, 0.29) is 17.7 Å². The lowest BCUT2D eigenvalue weighted by Gasteiger charge is -2.30. The molecule has 1 fully saturated rings. The zero-order chi connectivity index (χ0) is 19.5. The predicted molar refractivity (Wildman–Crippen MR) is 107 cm³/mol. The largest absolute Gasteiger partial charge is 0.369 e. The quantitative estimate of drug-likeness (QED) is 0.762. The maximum absolute atomic E-state index is 13.3. The summed E-state index contributed by atoms with van der Waals surface area (Å²) in [7, 11) is 0. The van der Waals surface area contributed by atoms with E-state index in [1.165, 1.54) is 0 Å². The molecule has 0 aliphatic carbocycles. The molecule has 1 saturated heterocycles. The van der Waals surface area contributed by atoms with E-state index in [0.717, 1.165) is 16.9 Å². The highest BCUT2D eigenvalue weighted by Crippen LogP contribution is 2.24. The number of carbonyl (C=O) groups is 2. The van der Waals surface area contributed by atoms with Crippen molar-refractivity contribution < 1.29 is 9.59 Å². The van der Waals surface area contributed by atoms with Crippen LogP contribution in [0.4, 0.5) is 0 Å². The minimum Gasteiger partial charge on any atom is -0.369 e. The third kappa shape index (κ3) is 3.53. The Labute approximate surface area is 163 Å². The minimum atomic E-state index is -0.284. The zero-order valence-electron chi connectivity index (χ0n) is 15.5. The molecule has 4 rings (SSSR count). The Hall–Kier alpha value is -3.41.